The highest BCUT2D eigenvalue weighted by molar-refractivity contribution is 6.12. The number of benzene rings is 2. The van der Waals surface area contributed by atoms with Crippen LogP contribution in [0.4, 0.5) is 5.95 Å². The first-order valence-electron chi connectivity index (χ1n) is 6.63. The van der Waals surface area contributed by atoms with Gasteiger partial charge in [0, 0.05) is 17.1 Å². The van der Waals surface area contributed by atoms with Crippen molar-refractivity contribution in [2.75, 3.05) is 5.32 Å². The van der Waals surface area contributed by atoms with Crippen LogP contribution >= 0.6 is 0 Å². The summed E-state index contributed by atoms with van der Waals surface area (Å²) in [4.78, 5) is 22.9. The normalized spacial score (nSPS) is 11.0. The fourth-order valence-electron chi connectivity index (χ4n) is 2.45. The van der Waals surface area contributed by atoms with Crippen LogP contribution in [0.5, 0.6) is 0 Å². The Bertz CT molecular complexity index is 918. The van der Waals surface area contributed by atoms with Crippen molar-refractivity contribution in [3.8, 4) is 0 Å². The molecule has 2 aromatic carbocycles. The van der Waals surface area contributed by atoms with Crippen molar-refractivity contribution >= 4 is 33.8 Å². The molecule has 102 valence electrons. The van der Waals surface area contributed by atoms with Crippen LogP contribution in [-0.4, -0.2) is 20.9 Å². The van der Waals surface area contributed by atoms with Crippen LogP contribution in [-0.2, 0) is 0 Å². The molecule has 5 nitrogen and oxygen atoms in total. The lowest BCUT2D eigenvalue weighted by Gasteiger charge is -2.00. The molecule has 3 N–H and O–H groups in total. The summed E-state index contributed by atoms with van der Waals surface area (Å²) in [5, 5.41) is 3.69. The van der Waals surface area contributed by atoms with Crippen molar-refractivity contribution in [2.24, 2.45) is 0 Å². The first kappa shape index (κ1) is 11.7. The minimum absolute atomic E-state index is 0.188. The van der Waals surface area contributed by atoms with Gasteiger partial charge in [-0.3, -0.25) is 10.1 Å². The number of nitrogens with zero attached hydrogens (tertiary/aromatic N) is 1. The molecular formula is C16H12N4O. The number of H-pyrrole nitrogens is 2. The summed E-state index contributed by atoms with van der Waals surface area (Å²) in [5.41, 5.74) is 3.26. The number of rotatable bonds is 2. The summed E-state index contributed by atoms with van der Waals surface area (Å²) >= 11 is 0. The average molecular weight is 276 g/mol. The van der Waals surface area contributed by atoms with Gasteiger partial charge in [-0.25, -0.2) is 4.98 Å². The van der Waals surface area contributed by atoms with Gasteiger partial charge >= 0.3 is 0 Å². The molecule has 5 heteroatoms. The van der Waals surface area contributed by atoms with Crippen LogP contribution in [0.2, 0.25) is 0 Å². The van der Waals surface area contributed by atoms with Gasteiger partial charge in [0.2, 0.25) is 5.95 Å². The van der Waals surface area contributed by atoms with E-state index < -0.39 is 0 Å². The standard InChI is InChI=1S/C16H12N4O/c21-15(11-9-17-12-6-2-1-5-10(11)12)20-16-18-13-7-3-4-8-14(13)19-16/h1-9,17H,(H2,18,19,20,21). The molecule has 4 rings (SSSR count). The number of anilines is 1. The molecule has 2 aromatic heterocycles. The number of carbonyl (C=O) groups is 1. The highest BCUT2D eigenvalue weighted by Gasteiger charge is 2.13. The maximum atomic E-state index is 12.4. The van der Waals surface area contributed by atoms with Crippen LogP contribution in [0.3, 0.4) is 0 Å². The van der Waals surface area contributed by atoms with E-state index in [0.29, 0.717) is 11.5 Å². The van der Waals surface area contributed by atoms with E-state index in [1.807, 2.05) is 48.5 Å². The first-order chi connectivity index (χ1) is 10.3. The van der Waals surface area contributed by atoms with Gasteiger partial charge in [0.1, 0.15) is 0 Å². The number of nitrogens with one attached hydrogen (secondary N) is 3. The summed E-state index contributed by atoms with van der Waals surface area (Å²) < 4.78 is 0. The van der Waals surface area contributed by atoms with Crippen molar-refractivity contribution in [1.29, 1.82) is 0 Å². The van der Waals surface area contributed by atoms with E-state index in [4.69, 9.17) is 0 Å². The van der Waals surface area contributed by atoms with E-state index in [-0.39, 0.29) is 5.91 Å². The number of hydrogen-bond donors (Lipinski definition) is 3. The quantitative estimate of drug-likeness (QED) is 0.525. The number of aromatic amines is 2. The molecule has 0 saturated carbocycles. The van der Waals surface area contributed by atoms with Crippen LogP contribution in [0, 0.1) is 0 Å². The number of imidazole rings is 1. The van der Waals surface area contributed by atoms with Crippen molar-refractivity contribution < 1.29 is 4.79 Å². The van der Waals surface area contributed by atoms with Crippen molar-refractivity contribution in [3.05, 3.63) is 60.3 Å². The third kappa shape index (κ3) is 1.95. The maximum absolute atomic E-state index is 12.4. The van der Waals surface area contributed by atoms with Gasteiger partial charge in [0.05, 0.1) is 16.6 Å². The third-order valence-electron chi connectivity index (χ3n) is 3.46. The fraction of sp³-hybridized carbons (Fsp3) is 0. The Morgan fingerprint density at radius 3 is 2.62 bits per heavy atom. The monoisotopic (exact) mass is 276 g/mol. The second kappa shape index (κ2) is 4.49. The summed E-state index contributed by atoms with van der Waals surface area (Å²) in [6, 6.07) is 15.3. The van der Waals surface area contributed by atoms with Gasteiger partial charge in [0.25, 0.3) is 5.91 Å². The second-order valence-electron chi connectivity index (χ2n) is 4.80. The molecule has 0 saturated heterocycles. The van der Waals surface area contributed by atoms with E-state index in [0.717, 1.165) is 21.9 Å². The zero-order valence-electron chi connectivity index (χ0n) is 11.1. The van der Waals surface area contributed by atoms with Crippen LogP contribution in [0.1, 0.15) is 10.4 Å². The molecule has 0 spiro atoms. The smallest absolute Gasteiger partial charge is 0.260 e. The predicted octanol–water partition coefficient (Wildman–Crippen LogP) is 3.30. The minimum atomic E-state index is -0.188. The van der Waals surface area contributed by atoms with E-state index in [2.05, 4.69) is 20.3 Å². The van der Waals surface area contributed by atoms with Gasteiger partial charge in [0.15, 0.2) is 0 Å². The SMILES string of the molecule is O=C(Nc1nc2ccccc2[nH]1)c1c[nH]c2ccccc12. The average Bonchev–Trinajstić information content (AvgIpc) is 3.10. The van der Waals surface area contributed by atoms with Crippen molar-refractivity contribution in [1.82, 2.24) is 15.0 Å². The van der Waals surface area contributed by atoms with Crippen LogP contribution in [0.15, 0.2) is 54.7 Å². The lowest BCUT2D eigenvalue weighted by Crippen LogP contribution is -2.12. The molecule has 0 radical (unpaired) electrons. The number of para-hydroxylation sites is 3. The fourth-order valence-corrected chi connectivity index (χ4v) is 2.45. The zero-order chi connectivity index (χ0) is 14.2. The van der Waals surface area contributed by atoms with Gasteiger partial charge in [-0.05, 0) is 18.2 Å². The Morgan fingerprint density at radius 2 is 1.76 bits per heavy atom. The molecule has 0 fully saturated rings. The molecule has 0 atom stereocenters. The first-order valence-corrected chi connectivity index (χ1v) is 6.63. The minimum Gasteiger partial charge on any atom is -0.360 e. The molecule has 1 amide bonds. The Hall–Kier alpha value is -3.08. The van der Waals surface area contributed by atoms with Crippen molar-refractivity contribution in [2.45, 2.75) is 0 Å². The summed E-state index contributed by atoms with van der Waals surface area (Å²) in [6.07, 6.45) is 1.71. The third-order valence-corrected chi connectivity index (χ3v) is 3.46. The van der Waals surface area contributed by atoms with Gasteiger partial charge < -0.3 is 9.97 Å². The molecule has 2 heterocycles. The lowest BCUT2D eigenvalue weighted by atomic mass is 10.1. The molecule has 0 aliphatic rings. The van der Waals surface area contributed by atoms with E-state index >= 15 is 0 Å². The van der Waals surface area contributed by atoms with E-state index in [1.165, 1.54) is 0 Å². The number of aromatic nitrogens is 3. The Balaban J connectivity index is 1.69. The maximum Gasteiger partial charge on any atom is 0.260 e. The number of hydrogen-bond acceptors (Lipinski definition) is 2. The Kier molecular flexibility index (Phi) is 2.50. The molecule has 0 bridgehead atoms. The molecule has 0 aliphatic carbocycles. The topological polar surface area (TPSA) is 73.6 Å². The molecule has 4 aromatic rings. The Morgan fingerprint density at radius 1 is 1.00 bits per heavy atom. The van der Waals surface area contributed by atoms with Gasteiger partial charge in [-0.15, -0.1) is 0 Å². The molecule has 0 aliphatic heterocycles. The van der Waals surface area contributed by atoms with Crippen molar-refractivity contribution in [3.63, 3.8) is 0 Å². The summed E-state index contributed by atoms with van der Waals surface area (Å²) in [5.74, 6) is 0.262. The predicted molar refractivity (Wildman–Crippen MR) is 82.3 cm³/mol. The van der Waals surface area contributed by atoms with E-state index in [1.54, 1.807) is 6.20 Å². The Labute approximate surface area is 120 Å². The second-order valence-corrected chi connectivity index (χ2v) is 4.80. The molecule has 0 unspecified atom stereocenters. The van der Waals surface area contributed by atoms with Gasteiger partial charge in [-0.2, -0.15) is 0 Å². The highest BCUT2D eigenvalue weighted by Crippen LogP contribution is 2.19. The molecule has 21 heavy (non-hydrogen) atoms. The highest BCUT2D eigenvalue weighted by atomic mass is 16.1. The van der Waals surface area contributed by atoms with Gasteiger partial charge in [-0.1, -0.05) is 30.3 Å². The van der Waals surface area contributed by atoms with Crippen LogP contribution < -0.4 is 5.32 Å². The lowest BCUT2D eigenvalue weighted by molar-refractivity contribution is 0.102. The number of amides is 1. The van der Waals surface area contributed by atoms with Crippen LogP contribution in [0.25, 0.3) is 21.9 Å². The summed E-state index contributed by atoms with van der Waals surface area (Å²) in [6.45, 7) is 0. The zero-order valence-corrected chi connectivity index (χ0v) is 11.1. The summed E-state index contributed by atoms with van der Waals surface area (Å²) in [7, 11) is 0. The number of fused-ring (bicyclic) bond motifs is 2. The molecular weight excluding hydrogens is 264 g/mol. The van der Waals surface area contributed by atoms with E-state index in [9.17, 15) is 4.79 Å². The number of carbonyl (C=O) groups excluding carboxylic acids is 1. The largest absolute Gasteiger partial charge is 0.360 e.